The van der Waals surface area contributed by atoms with Gasteiger partial charge in [0, 0.05) is 62.4 Å². The number of carbonyl (C=O) groups excluding carboxylic acids is 2. The van der Waals surface area contributed by atoms with Crippen LogP contribution in [-0.4, -0.2) is 79.1 Å². The van der Waals surface area contributed by atoms with Gasteiger partial charge in [-0.05, 0) is 57.9 Å². The third kappa shape index (κ3) is 5.85. The molecule has 0 radical (unpaired) electrons. The third-order valence-corrected chi connectivity index (χ3v) is 8.34. The minimum atomic E-state index is -0.734. The van der Waals surface area contributed by atoms with Gasteiger partial charge in [-0.25, -0.2) is 19.6 Å². The number of rotatable bonds is 6. The van der Waals surface area contributed by atoms with E-state index < -0.39 is 17.3 Å². The van der Waals surface area contributed by atoms with Gasteiger partial charge in [-0.2, -0.15) is 0 Å². The van der Waals surface area contributed by atoms with Crippen LogP contribution in [0.2, 0.25) is 0 Å². The number of aromatic nitrogens is 2. The number of nitrogens with one attached hydrogen (secondary N) is 1. The lowest BCUT2D eigenvalue weighted by atomic mass is 9.79. The lowest BCUT2D eigenvalue weighted by Gasteiger charge is -2.43. The Morgan fingerprint density at radius 2 is 2.00 bits per heavy atom. The zero-order valence-corrected chi connectivity index (χ0v) is 26.4. The van der Waals surface area contributed by atoms with Crippen molar-refractivity contribution in [2.24, 2.45) is 5.92 Å². The van der Waals surface area contributed by atoms with Crippen molar-refractivity contribution in [3.05, 3.63) is 42.2 Å². The Morgan fingerprint density at radius 1 is 1.23 bits per heavy atom. The smallest absolute Gasteiger partial charge is 0.415 e. The number of fused-ring (bicyclic) bond motifs is 1. The molecule has 11 nitrogen and oxygen atoms in total. The number of hydrogen-bond acceptors (Lipinski definition) is 9. The van der Waals surface area contributed by atoms with Gasteiger partial charge in [-0.3, -0.25) is 4.90 Å². The zero-order chi connectivity index (χ0) is 31.1. The molecule has 2 aromatic carbocycles. The summed E-state index contributed by atoms with van der Waals surface area (Å²) in [5.74, 6) is 1.07. The molecule has 5 rings (SSSR count). The van der Waals surface area contributed by atoms with E-state index in [4.69, 9.17) is 14.2 Å². The van der Waals surface area contributed by atoms with Crippen LogP contribution >= 0.6 is 0 Å². The zero-order valence-electron chi connectivity index (χ0n) is 26.4. The van der Waals surface area contributed by atoms with Crippen molar-refractivity contribution in [2.45, 2.75) is 58.7 Å². The summed E-state index contributed by atoms with van der Waals surface area (Å²) >= 11 is 0. The molecule has 2 unspecified atom stereocenters. The molecule has 2 amide bonds. The molecule has 2 aliphatic rings. The van der Waals surface area contributed by atoms with Gasteiger partial charge >= 0.3 is 12.2 Å². The lowest BCUT2D eigenvalue weighted by molar-refractivity contribution is -0.0546. The molecule has 0 bridgehead atoms. The van der Waals surface area contributed by atoms with Crippen LogP contribution in [0.25, 0.3) is 10.9 Å². The predicted octanol–water partition coefficient (Wildman–Crippen LogP) is 6.12. The normalized spacial score (nSPS) is 20.4. The summed E-state index contributed by atoms with van der Waals surface area (Å²) in [5.41, 5.74) is 3.05. The van der Waals surface area contributed by atoms with Crippen molar-refractivity contribution in [2.75, 3.05) is 56.0 Å². The van der Waals surface area contributed by atoms with Gasteiger partial charge in [0.15, 0.2) is 0 Å². The monoisotopic (exact) mass is 590 g/mol. The van der Waals surface area contributed by atoms with Crippen molar-refractivity contribution >= 4 is 46.0 Å². The van der Waals surface area contributed by atoms with Gasteiger partial charge < -0.3 is 29.3 Å². The van der Waals surface area contributed by atoms with E-state index in [-0.39, 0.29) is 12.0 Å². The molecule has 1 N–H and O–H groups in total. The van der Waals surface area contributed by atoms with Crippen LogP contribution < -0.4 is 19.9 Å². The first-order valence-electron chi connectivity index (χ1n) is 14.7. The van der Waals surface area contributed by atoms with E-state index in [0.29, 0.717) is 48.8 Å². The summed E-state index contributed by atoms with van der Waals surface area (Å²) in [4.78, 5) is 40.8. The van der Waals surface area contributed by atoms with E-state index in [2.05, 4.69) is 40.1 Å². The van der Waals surface area contributed by atoms with Crippen LogP contribution in [0.5, 0.6) is 5.75 Å². The fourth-order valence-electron chi connectivity index (χ4n) is 6.08. The van der Waals surface area contributed by atoms with E-state index in [1.807, 2.05) is 59.1 Å². The van der Waals surface area contributed by atoms with Crippen molar-refractivity contribution < 1.29 is 23.8 Å². The highest BCUT2D eigenvalue weighted by molar-refractivity contribution is 6.00. The first-order chi connectivity index (χ1) is 20.4. The first-order valence-corrected chi connectivity index (χ1v) is 14.7. The molecule has 1 spiro atoms. The molecule has 2 aliphatic heterocycles. The Bertz CT molecular complexity index is 1540. The lowest BCUT2D eigenvalue weighted by Crippen LogP contribution is -2.55. The van der Waals surface area contributed by atoms with Crippen LogP contribution in [0.4, 0.5) is 32.5 Å². The Hall–Kier alpha value is -4.28. The standard InChI is InChI=1S/C32H42N6O5/c1-9-21-17-37(29(39)42-31(3,4)5)14-13-32(21)18-38(30(40)43-32)26-15-22-24(16-27(26)41-8)33-19-34-28(22)35-23-11-10-12-25(20(23)2)36(6)7/h10-12,15-16,19,21H,9,13-14,17-18H2,1-8H3,(H,33,34,35). The van der Waals surface area contributed by atoms with Crippen molar-refractivity contribution in [3.8, 4) is 5.75 Å². The molecule has 11 heteroatoms. The number of ether oxygens (including phenoxy) is 3. The Balaban J connectivity index is 1.46. The van der Waals surface area contributed by atoms with E-state index in [0.717, 1.165) is 28.7 Å². The highest BCUT2D eigenvalue weighted by atomic mass is 16.6. The number of likely N-dealkylation sites (tertiary alicyclic amines) is 1. The maximum atomic E-state index is 13.5. The predicted molar refractivity (Wildman–Crippen MR) is 168 cm³/mol. The van der Waals surface area contributed by atoms with Crippen molar-refractivity contribution in [3.63, 3.8) is 0 Å². The summed E-state index contributed by atoms with van der Waals surface area (Å²) in [7, 11) is 5.60. The summed E-state index contributed by atoms with van der Waals surface area (Å²) in [6.45, 7) is 10.9. The molecular formula is C32H42N6O5. The quantitative estimate of drug-likeness (QED) is 0.363. The number of carbonyl (C=O) groups is 2. The van der Waals surface area contributed by atoms with Crippen molar-refractivity contribution in [1.29, 1.82) is 0 Å². The number of anilines is 4. The number of hydrogen-bond donors (Lipinski definition) is 1. The minimum Gasteiger partial charge on any atom is -0.494 e. The third-order valence-electron chi connectivity index (χ3n) is 8.34. The maximum Gasteiger partial charge on any atom is 0.415 e. The molecule has 3 aromatic rings. The van der Waals surface area contributed by atoms with Crippen LogP contribution in [-0.2, 0) is 9.47 Å². The average Bonchev–Trinajstić information content (AvgIpc) is 3.28. The molecule has 2 atom stereocenters. The molecule has 2 fully saturated rings. The minimum absolute atomic E-state index is 0.0540. The second-order valence-corrected chi connectivity index (χ2v) is 12.5. The Kier molecular flexibility index (Phi) is 8.02. The highest BCUT2D eigenvalue weighted by Gasteiger charge is 2.54. The van der Waals surface area contributed by atoms with Gasteiger partial charge in [0.25, 0.3) is 0 Å². The summed E-state index contributed by atoms with van der Waals surface area (Å²) in [6.07, 6.45) is 1.98. The number of amides is 2. The Labute approximate surface area is 253 Å². The topological polar surface area (TPSA) is 109 Å². The number of methoxy groups -OCH3 is 1. The number of piperidine rings is 1. The number of nitrogens with zero attached hydrogens (tertiary/aromatic N) is 5. The van der Waals surface area contributed by atoms with Gasteiger partial charge in [-0.15, -0.1) is 0 Å². The largest absolute Gasteiger partial charge is 0.494 e. The molecule has 0 aliphatic carbocycles. The van der Waals surface area contributed by atoms with E-state index in [9.17, 15) is 9.59 Å². The van der Waals surface area contributed by atoms with Gasteiger partial charge in [0.2, 0.25) is 0 Å². The Morgan fingerprint density at radius 3 is 2.67 bits per heavy atom. The molecule has 230 valence electrons. The molecular weight excluding hydrogens is 548 g/mol. The molecule has 3 heterocycles. The van der Waals surface area contributed by atoms with Crippen LogP contribution in [0.15, 0.2) is 36.7 Å². The van der Waals surface area contributed by atoms with E-state index in [1.165, 1.54) is 6.33 Å². The van der Waals surface area contributed by atoms with Gasteiger partial charge in [0.05, 0.1) is 24.9 Å². The number of benzene rings is 2. The van der Waals surface area contributed by atoms with Gasteiger partial charge in [0.1, 0.15) is 29.1 Å². The SMILES string of the molecule is CCC1CN(C(=O)OC(C)(C)C)CCC12CN(c1cc3c(Nc4cccc(N(C)C)c4C)ncnc3cc1OC)C(=O)O2. The van der Waals surface area contributed by atoms with Gasteiger partial charge in [-0.1, -0.05) is 13.0 Å². The molecule has 43 heavy (non-hydrogen) atoms. The fourth-order valence-corrected chi connectivity index (χ4v) is 6.08. The van der Waals surface area contributed by atoms with E-state index >= 15 is 0 Å². The van der Waals surface area contributed by atoms with Crippen LogP contribution in [0.1, 0.15) is 46.1 Å². The molecule has 1 aromatic heterocycles. The van der Waals surface area contributed by atoms with Crippen molar-refractivity contribution in [1.82, 2.24) is 14.9 Å². The molecule has 2 saturated heterocycles. The fraction of sp³-hybridized carbons (Fsp3) is 0.500. The summed E-state index contributed by atoms with van der Waals surface area (Å²) < 4.78 is 17.5. The van der Waals surface area contributed by atoms with Crippen LogP contribution in [0, 0.1) is 12.8 Å². The summed E-state index contributed by atoms with van der Waals surface area (Å²) in [5, 5.41) is 4.22. The highest BCUT2D eigenvalue weighted by Crippen LogP contribution is 2.44. The maximum absolute atomic E-state index is 13.5. The average molecular weight is 591 g/mol. The first kappa shape index (κ1) is 30.2. The summed E-state index contributed by atoms with van der Waals surface area (Å²) in [6, 6.07) is 9.79. The second-order valence-electron chi connectivity index (χ2n) is 12.5. The molecule has 0 saturated carbocycles. The second kappa shape index (κ2) is 11.4. The van der Waals surface area contributed by atoms with E-state index in [1.54, 1.807) is 16.9 Å². The van der Waals surface area contributed by atoms with Crippen LogP contribution in [0.3, 0.4) is 0 Å².